The predicted octanol–water partition coefficient (Wildman–Crippen LogP) is 6.67. The lowest BCUT2D eigenvalue weighted by Gasteiger charge is -2.31. The van der Waals surface area contributed by atoms with Crippen LogP contribution < -0.4 is 10.3 Å². The number of carbonyl (C=O) groups excluding carboxylic acids is 1. The summed E-state index contributed by atoms with van der Waals surface area (Å²) in [5, 5.41) is 0.498. The van der Waals surface area contributed by atoms with Gasteiger partial charge in [0.15, 0.2) is 0 Å². The van der Waals surface area contributed by atoms with Gasteiger partial charge in [0.25, 0.3) is 11.5 Å². The zero-order valence-corrected chi connectivity index (χ0v) is 23.3. The minimum absolute atomic E-state index is 0.135. The highest BCUT2D eigenvalue weighted by molar-refractivity contribution is 5.94. The maximum atomic E-state index is 14.1. The number of ether oxygens (including phenoxy) is 1. The zero-order valence-electron chi connectivity index (χ0n) is 23.3. The van der Waals surface area contributed by atoms with Gasteiger partial charge in [-0.15, -0.1) is 0 Å². The second kappa shape index (κ2) is 11.6. The Balaban J connectivity index is 1.72. The fraction of sp³-hybridized carbons (Fsp3) is 0.206. The van der Waals surface area contributed by atoms with Crippen LogP contribution in [-0.4, -0.2) is 27.5 Å². The van der Waals surface area contributed by atoms with E-state index in [9.17, 15) is 9.59 Å². The van der Waals surface area contributed by atoms with Crippen LogP contribution in [0.3, 0.4) is 0 Å². The van der Waals surface area contributed by atoms with Gasteiger partial charge in [0.05, 0.1) is 29.7 Å². The molecule has 1 atom stereocenters. The minimum atomic E-state index is -0.555. The van der Waals surface area contributed by atoms with Gasteiger partial charge in [-0.1, -0.05) is 67.6 Å². The number of amides is 1. The molecule has 0 radical (unpaired) electrons. The van der Waals surface area contributed by atoms with Crippen LogP contribution in [0.5, 0.6) is 5.75 Å². The Morgan fingerprint density at radius 3 is 2.33 bits per heavy atom. The first kappa shape index (κ1) is 26.9. The first-order valence-electron chi connectivity index (χ1n) is 13.5. The Hall–Kier alpha value is -4.71. The van der Waals surface area contributed by atoms with Crippen molar-refractivity contribution in [3.05, 3.63) is 135 Å². The second-order valence-electron chi connectivity index (χ2n) is 9.95. The van der Waals surface area contributed by atoms with Crippen molar-refractivity contribution >= 4 is 16.8 Å². The summed E-state index contributed by atoms with van der Waals surface area (Å²) in [4.78, 5) is 35.0. The van der Waals surface area contributed by atoms with Gasteiger partial charge in [0, 0.05) is 12.1 Å². The molecule has 6 nitrogen and oxygen atoms in total. The number of aryl methyl sites for hydroxylation is 2. The molecule has 1 aromatic heterocycles. The minimum Gasteiger partial charge on any atom is -0.495 e. The number of para-hydroxylation sites is 1. The molecule has 0 aliphatic rings. The summed E-state index contributed by atoms with van der Waals surface area (Å²) in [6.07, 6.45) is 0.893. The number of hydrogen-bond acceptors (Lipinski definition) is 4. The Kier molecular flexibility index (Phi) is 7.78. The van der Waals surface area contributed by atoms with Crippen molar-refractivity contribution in [3.63, 3.8) is 0 Å². The lowest BCUT2D eigenvalue weighted by Crippen LogP contribution is -2.37. The van der Waals surface area contributed by atoms with Gasteiger partial charge < -0.3 is 9.64 Å². The molecule has 5 rings (SSSR count). The lowest BCUT2D eigenvalue weighted by atomic mass is 10.1. The largest absolute Gasteiger partial charge is 0.495 e. The standard InChI is InChI=1S/C34H33N3O3/c1-5-25-16-18-27(19-17-25)33(38)36(22-26-11-7-6-8-12-26)24(3)32-35-29-14-10-9-13-28(29)34(39)37(32)30-21-23(2)15-20-31(30)40-4/h6-21,24H,5,22H2,1-4H3. The van der Waals surface area contributed by atoms with Crippen molar-refractivity contribution < 1.29 is 9.53 Å². The van der Waals surface area contributed by atoms with Crippen LogP contribution in [0.4, 0.5) is 0 Å². The van der Waals surface area contributed by atoms with E-state index >= 15 is 0 Å². The van der Waals surface area contributed by atoms with Gasteiger partial charge in [-0.25, -0.2) is 4.98 Å². The highest BCUT2D eigenvalue weighted by Gasteiger charge is 2.29. The van der Waals surface area contributed by atoms with Gasteiger partial charge in [-0.3, -0.25) is 14.2 Å². The van der Waals surface area contributed by atoms with Crippen molar-refractivity contribution in [2.45, 2.75) is 39.8 Å². The van der Waals surface area contributed by atoms with Crippen molar-refractivity contribution in [1.82, 2.24) is 14.5 Å². The number of benzene rings is 4. The summed E-state index contributed by atoms with van der Waals surface area (Å²) < 4.78 is 7.28. The fourth-order valence-corrected chi connectivity index (χ4v) is 4.99. The van der Waals surface area contributed by atoms with Gasteiger partial charge in [0.1, 0.15) is 11.6 Å². The monoisotopic (exact) mass is 531 g/mol. The highest BCUT2D eigenvalue weighted by Crippen LogP contribution is 2.30. The van der Waals surface area contributed by atoms with E-state index in [1.54, 1.807) is 22.6 Å². The normalized spacial score (nSPS) is 11.8. The van der Waals surface area contributed by atoms with Crippen molar-refractivity contribution in [1.29, 1.82) is 0 Å². The average molecular weight is 532 g/mol. The Morgan fingerprint density at radius 1 is 0.925 bits per heavy atom. The third-order valence-electron chi connectivity index (χ3n) is 7.28. The molecule has 5 aromatic rings. The molecule has 0 saturated carbocycles. The van der Waals surface area contributed by atoms with Crippen molar-refractivity contribution in [2.75, 3.05) is 7.11 Å². The third-order valence-corrected chi connectivity index (χ3v) is 7.28. The molecule has 4 aromatic carbocycles. The molecule has 6 heteroatoms. The van der Waals surface area contributed by atoms with Crippen LogP contribution in [0.25, 0.3) is 16.6 Å². The quantitative estimate of drug-likeness (QED) is 0.224. The molecule has 0 fully saturated rings. The third kappa shape index (κ3) is 5.25. The molecule has 0 aliphatic heterocycles. The van der Waals surface area contributed by atoms with E-state index in [0.29, 0.717) is 40.3 Å². The van der Waals surface area contributed by atoms with Gasteiger partial charge in [-0.2, -0.15) is 0 Å². The van der Waals surface area contributed by atoms with Crippen molar-refractivity contribution in [2.24, 2.45) is 0 Å². The molecule has 1 amide bonds. The summed E-state index contributed by atoms with van der Waals surface area (Å²) in [7, 11) is 1.59. The summed E-state index contributed by atoms with van der Waals surface area (Å²) in [6, 6.07) is 30.0. The summed E-state index contributed by atoms with van der Waals surface area (Å²) >= 11 is 0. The van der Waals surface area contributed by atoms with E-state index in [0.717, 1.165) is 23.1 Å². The second-order valence-corrected chi connectivity index (χ2v) is 9.95. The van der Waals surface area contributed by atoms with E-state index in [-0.39, 0.29) is 11.5 Å². The molecular formula is C34H33N3O3. The Bertz CT molecular complexity index is 1710. The first-order valence-corrected chi connectivity index (χ1v) is 13.5. The Morgan fingerprint density at radius 2 is 1.62 bits per heavy atom. The molecule has 1 unspecified atom stereocenters. The molecule has 0 N–H and O–H groups in total. The van der Waals surface area contributed by atoms with E-state index in [1.165, 1.54) is 0 Å². The maximum Gasteiger partial charge on any atom is 0.266 e. The van der Waals surface area contributed by atoms with Crippen LogP contribution in [0.15, 0.2) is 102 Å². The van der Waals surface area contributed by atoms with Crippen LogP contribution in [0.1, 0.15) is 52.8 Å². The molecule has 1 heterocycles. The number of hydrogen-bond donors (Lipinski definition) is 0. The van der Waals surface area contributed by atoms with Gasteiger partial charge >= 0.3 is 0 Å². The summed E-state index contributed by atoms with van der Waals surface area (Å²) in [5.74, 6) is 0.876. The molecule has 0 bridgehead atoms. The molecule has 202 valence electrons. The maximum absolute atomic E-state index is 14.1. The summed E-state index contributed by atoms with van der Waals surface area (Å²) in [6.45, 7) is 6.34. The van der Waals surface area contributed by atoms with Crippen LogP contribution in [-0.2, 0) is 13.0 Å². The number of methoxy groups -OCH3 is 1. The number of nitrogens with zero attached hydrogens (tertiary/aromatic N) is 3. The molecule has 40 heavy (non-hydrogen) atoms. The number of aromatic nitrogens is 2. The van der Waals surface area contributed by atoms with E-state index in [4.69, 9.17) is 9.72 Å². The number of carbonyl (C=O) groups is 1. The van der Waals surface area contributed by atoms with Crippen LogP contribution in [0, 0.1) is 6.92 Å². The van der Waals surface area contributed by atoms with Crippen LogP contribution >= 0.6 is 0 Å². The van der Waals surface area contributed by atoms with E-state index in [1.807, 2.05) is 105 Å². The van der Waals surface area contributed by atoms with Crippen molar-refractivity contribution in [3.8, 4) is 11.4 Å². The fourth-order valence-electron chi connectivity index (χ4n) is 4.99. The molecule has 0 saturated heterocycles. The van der Waals surface area contributed by atoms with Gasteiger partial charge in [0.2, 0.25) is 0 Å². The molecule has 0 spiro atoms. The zero-order chi connectivity index (χ0) is 28.2. The predicted molar refractivity (Wildman–Crippen MR) is 159 cm³/mol. The van der Waals surface area contributed by atoms with E-state index < -0.39 is 6.04 Å². The smallest absolute Gasteiger partial charge is 0.266 e. The van der Waals surface area contributed by atoms with Gasteiger partial charge in [-0.05, 0) is 73.4 Å². The Labute approximate surface area is 234 Å². The molecule has 0 aliphatic carbocycles. The molecular weight excluding hydrogens is 498 g/mol. The SMILES string of the molecule is CCc1ccc(C(=O)N(Cc2ccccc2)C(C)c2nc3ccccc3c(=O)n2-c2cc(C)ccc2OC)cc1. The summed E-state index contributed by atoms with van der Waals surface area (Å²) in [5.41, 5.74) is 4.66. The first-order chi connectivity index (χ1) is 19.4. The highest BCUT2D eigenvalue weighted by atomic mass is 16.5. The van der Waals surface area contributed by atoms with Crippen LogP contribution in [0.2, 0.25) is 0 Å². The average Bonchev–Trinajstić information content (AvgIpc) is 2.99. The number of rotatable bonds is 8. The van der Waals surface area contributed by atoms with E-state index in [2.05, 4.69) is 6.92 Å². The topological polar surface area (TPSA) is 64.4 Å². The number of fused-ring (bicyclic) bond motifs is 1. The lowest BCUT2D eigenvalue weighted by molar-refractivity contribution is 0.0664.